The Morgan fingerprint density at radius 2 is 1.86 bits per heavy atom. The van der Waals surface area contributed by atoms with Gasteiger partial charge in [0, 0.05) is 33.0 Å². The molecule has 0 fully saturated rings. The third-order valence-electron chi connectivity index (χ3n) is 6.34. The van der Waals surface area contributed by atoms with Crippen LogP contribution in [0.1, 0.15) is 49.7 Å². The fourth-order valence-electron chi connectivity index (χ4n) is 4.12. The molecule has 8 heteroatoms. The van der Waals surface area contributed by atoms with E-state index >= 15 is 0 Å². The second-order valence-corrected chi connectivity index (χ2v) is 9.60. The lowest BCUT2D eigenvalue weighted by molar-refractivity contribution is 0.0787. The Kier molecular flexibility index (Phi) is 15.6. The molecule has 0 atom stereocenters. The van der Waals surface area contributed by atoms with Gasteiger partial charge in [-0.15, -0.1) is 0 Å². The Hall–Kier alpha value is -4.04. The summed E-state index contributed by atoms with van der Waals surface area (Å²) in [5, 5.41) is 0. The third-order valence-corrected chi connectivity index (χ3v) is 6.34. The molecule has 2 aromatic rings. The van der Waals surface area contributed by atoms with Gasteiger partial charge in [0.2, 0.25) is 0 Å². The fraction of sp³-hybridized carbons (Fsp3) is 0.412. The summed E-state index contributed by atoms with van der Waals surface area (Å²) >= 11 is 0. The van der Waals surface area contributed by atoms with Gasteiger partial charge in [-0.3, -0.25) is 9.78 Å². The quantitative estimate of drug-likeness (QED) is 0.112. The number of carbonyl (C=O) groups excluding carboxylic acids is 1. The molecular formula is C34H46N2O6. The van der Waals surface area contributed by atoms with Crippen molar-refractivity contribution in [2.24, 2.45) is 0 Å². The lowest BCUT2D eigenvalue weighted by atomic mass is 10.1. The molecule has 0 N–H and O–H groups in total. The number of ether oxygens (including phenoxy) is 5. The molecule has 0 saturated carbocycles. The monoisotopic (exact) mass is 578 g/mol. The molecule has 0 bridgehead atoms. The van der Waals surface area contributed by atoms with Gasteiger partial charge < -0.3 is 28.6 Å². The van der Waals surface area contributed by atoms with E-state index in [1.54, 1.807) is 51.6 Å². The van der Waals surface area contributed by atoms with Crippen LogP contribution in [0.3, 0.4) is 0 Å². The zero-order valence-electron chi connectivity index (χ0n) is 26.1. The topological polar surface area (TPSA) is 79.4 Å². The summed E-state index contributed by atoms with van der Waals surface area (Å²) in [6.45, 7) is 7.93. The number of aryl methyl sites for hydroxylation is 1. The highest BCUT2D eigenvalue weighted by Gasteiger charge is 2.14. The van der Waals surface area contributed by atoms with Crippen LogP contribution in [0.15, 0.2) is 83.8 Å². The average molecular weight is 579 g/mol. The summed E-state index contributed by atoms with van der Waals surface area (Å²) in [6.07, 6.45) is 14.2. The van der Waals surface area contributed by atoms with E-state index in [4.69, 9.17) is 23.7 Å². The number of hydrogen-bond acceptors (Lipinski definition) is 7. The molecule has 0 aliphatic carbocycles. The van der Waals surface area contributed by atoms with Crippen molar-refractivity contribution >= 4 is 5.91 Å². The van der Waals surface area contributed by atoms with Crippen LogP contribution in [0.5, 0.6) is 17.2 Å². The fourth-order valence-corrected chi connectivity index (χ4v) is 4.12. The smallest absolute Gasteiger partial charge is 0.272 e. The molecule has 2 rings (SSSR count). The summed E-state index contributed by atoms with van der Waals surface area (Å²) in [5.74, 6) is 2.64. The van der Waals surface area contributed by atoms with Crippen molar-refractivity contribution in [3.63, 3.8) is 0 Å². The minimum atomic E-state index is -0.151. The summed E-state index contributed by atoms with van der Waals surface area (Å²) in [7, 11) is 6.72. The number of pyridine rings is 1. The van der Waals surface area contributed by atoms with Gasteiger partial charge in [0.25, 0.3) is 5.91 Å². The van der Waals surface area contributed by atoms with E-state index in [1.165, 1.54) is 0 Å². The van der Waals surface area contributed by atoms with Crippen LogP contribution < -0.4 is 14.2 Å². The summed E-state index contributed by atoms with van der Waals surface area (Å²) in [6, 6.07) is 9.34. The number of nitrogens with zero attached hydrogens (tertiary/aromatic N) is 2. The Balaban J connectivity index is 2.00. The molecule has 1 amide bonds. The van der Waals surface area contributed by atoms with Crippen molar-refractivity contribution in [2.75, 3.05) is 54.7 Å². The van der Waals surface area contributed by atoms with E-state index in [-0.39, 0.29) is 5.91 Å². The van der Waals surface area contributed by atoms with Gasteiger partial charge >= 0.3 is 0 Å². The SMILES string of the molecule is C\C=C/C=C(\C=C(C)\C(=C/CC)OC)COc1ccc(CCCN(C)C(=O)c2cc(OCCOC)ccn2)cc1OC. The van der Waals surface area contributed by atoms with E-state index < -0.39 is 0 Å². The lowest BCUT2D eigenvalue weighted by Crippen LogP contribution is -2.28. The van der Waals surface area contributed by atoms with Crippen LogP contribution in [0.25, 0.3) is 0 Å². The van der Waals surface area contributed by atoms with Crippen LogP contribution in [0, 0.1) is 0 Å². The Labute approximate surface area is 251 Å². The largest absolute Gasteiger partial charge is 0.497 e. The van der Waals surface area contributed by atoms with E-state index in [0.717, 1.165) is 41.7 Å². The second-order valence-electron chi connectivity index (χ2n) is 9.60. The second kappa shape index (κ2) is 19.1. The molecule has 0 saturated heterocycles. The van der Waals surface area contributed by atoms with Gasteiger partial charge in [-0.2, -0.15) is 0 Å². The van der Waals surface area contributed by atoms with Crippen LogP contribution in [0.4, 0.5) is 0 Å². The summed E-state index contributed by atoms with van der Waals surface area (Å²) < 4.78 is 27.9. The first-order valence-corrected chi connectivity index (χ1v) is 14.2. The Morgan fingerprint density at radius 1 is 1.05 bits per heavy atom. The maximum Gasteiger partial charge on any atom is 0.272 e. The van der Waals surface area contributed by atoms with Gasteiger partial charge in [0.15, 0.2) is 11.5 Å². The minimum Gasteiger partial charge on any atom is -0.497 e. The molecule has 0 aliphatic rings. The van der Waals surface area contributed by atoms with Crippen LogP contribution in [-0.2, 0) is 15.9 Å². The predicted octanol–water partition coefficient (Wildman–Crippen LogP) is 6.59. The van der Waals surface area contributed by atoms with Gasteiger partial charge in [-0.05, 0) is 80.2 Å². The van der Waals surface area contributed by atoms with E-state index in [0.29, 0.717) is 49.3 Å². The molecule has 0 aliphatic heterocycles. The zero-order chi connectivity index (χ0) is 30.7. The van der Waals surface area contributed by atoms with Gasteiger partial charge in [-0.1, -0.05) is 31.2 Å². The first-order valence-electron chi connectivity index (χ1n) is 14.2. The van der Waals surface area contributed by atoms with E-state index in [1.807, 2.05) is 50.3 Å². The highest BCUT2D eigenvalue weighted by Crippen LogP contribution is 2.29. The molecule has 1 aromatic carbocycles. The number of carbonyl (C=O) groups is 1. The predicted molar refractivity (Wildman–Crippen MR) is 167 cm³/mol. The van der Waals surface area contributed by atoms with Gasteiger partial charge in [0.05, 0.1) is 20.8 Å². The zero-order valence-corrected chi connectivity index (χ0v) is 26.1. The van der Waals surface area contributed by atoms with Crippen molar-refractivity contribution < 1.29 is 28.5 Å². The van der Waals surface area contributed by atoms with Crippen molar-refractivity contribution in [1.82, 2.24) is 9.88 Å². The Morgan fingerprint density at radius 3 is 2.55 bits per heavy atom. The van der Waals surface area contributed by atoms with Crippen molar-refractivity contribution in [1.29, 1.82) is 0 Å². The molecular weight excluding hydrogens is 532 g/mol. The molecule has 0 radical (unpaired) electrons. The number of allylic oxidation sites excluding steroid dienone is 5. The number of methoxy groups -OCH3 is 3. The summed E-state index contributed by atoms with van der Waals surface area (Å²) in [4.78, 5) is 18.8. The molecule has 1 heterocycles. The molecule has 42 heavy (non-hydrogen) atoms. The molecule has 1 aromatic heterocycles. The van der Waals surface area contributed by atoms with Gasteiger partial charge in [-0.25, -0.2) is 0 Å². The maximum absolute atomic E-state index is 12.9. The van der Waals surface area contributed by atoms with Crippen LogP contribution >= 0.6 is 0 Å². The standard InChI is InChI=1S/C34H46N2O6/c1-8-10-13-28(22-26(3)31(39-6)12-9-2)25-42-32-16-15-27(23-33(32)40-7)14-11-19-36(4)34(37)30-24-29(17-18-35-30)41-21-20-38-5/h8,10,12-13,15-18,22-24H,9,11,14,19-21,25H2,1-7H3/b10-8-,26-22+,28-13+,31-12+. The highest BCUT2D eigenvalue weighted by atomic mass is 16.5. The maximum atomic E-state index is 12.9. The molecule has 8 nitrogen and oxygen atoms in total. The molecule has 228 valence electrons. The Bertz CT molecular complexity index is 1250. The minimum absolute atomic E-state index is 0.151. The number of benzene rings is 1. The lowest BCUT2D eigenvalue weighted by Gasteiger charge is -2.17. The van der Waals surface area contributed by atoms with Crippen molar-refractivity contribution in [2.45, 2.75) is 40.0 Å². The summed E-state index contributed by atoms with van der Waals surface area (Å²) in [5.41, 5.74) is 3.48. The van der Waals surface area contributed by atoms with E-state index in [9.17, 15) is 4.79 Å². The third kappa shape index (κ3) is 11.4. The van der Waals surface area contributed by atoms with Crippen molar-refractivity contribution in [3.8, 4) is 17.2 Å². The van der Waals surface area contributed by atoms with Crippen molar-refractivity contribution in [3.05, 3.63) is 95.1 Å². The van der Waals surface area contributed by atoms with Gasteiger partial charge in [0.1, 0.15) is 30.4 Å². The molecule has 0 spiro atoms. The molecule has 0 unspecified atom stereocenters. The number of rotatable bonds is 18. The number of amides is 1. The first-order chi connectivity index (χ1) is 20.4. The number of hydrogen-bond donors (Lipinski definition) is 0. The van der Waals surface area contributed by atoms with E-state index in [2.05, 4.69) is 24.1 Å². The van der Waals surface area contributed by atoms with Crippen LogP contribution in [-0.4, -0.2) is 70.5 Å². The van der Waals surface area contributed by atoms with Crippen LogP contribution in [0.2, 0.25) is 0 Å². The first kappa shape index (κ1) is 34.2. The highest BCUT2D eigenvalue weighted by molar-refractivity contribution is 5.92. The number of aromatic nitrogens is 1. The normalized spacial score (nSPS) is 12.4. The average Bonchev–Trinajstić information content (AvgIpc) is 3.01.